The van der Waals surface area contributed by atoms with Gasteiger partial charge in [0.2, 0.25) is 0 Å². The number of methoxy groups -OCH3 is 1. The molecule has 0 unspecified atom stereocenters. The van der Waals surface area contributed by atoms with Crippen LogP contribution in [0.1, 0.15) is 17.6 Å². The molecule has 0 aliphatic rings. The highest BCUT2D eigenvalue weighted by Crippen LogP contribution is 2.37. The third-order valence-electron chi connectivity index (χ3n) is 2.08. The molecule has 1 N–H and O–H groups in total. The van der Waals surface area contributed by atoms with Crippen LogP contribution in [0.15, 0.2) is 6.20 Å². The third kappa shape index (κ3) is 2.67. The molecule has 0 amide bonds. The summed E-state index contributed by atoms with van der Waals surface area (Å²) < 4.78 is 30.2. The van der Waals surface area contributed by atoms with Crippen molar-refractivity contribution >= 4 is 11.7 Å². The summed E-state index contributed by atoms with van der Waals surface area (Å²) in [5.74, 6) is -1.97. The van der Waals surface area contributed by atoms with Gasteiger partial charge in [0, 0.05) is 6.20 Å². The number of carboxylic acids is 1. The molecule has 1 heterocycles. The van der Waals surface area contributed by atoms with Crippen molar-refractivity contribution in [1.82, 2.24) is 4.98 Å². The number of nitrogens with zero attached hydrogens (tertiary/aromatic N) is 2. The van der Waals surface area contributed by atoms with E-state index >= 15 is 0 Å². The molecule has 0 spiro atoms. The number of ether oxygens (including phenoxy) is 1. The van der Waals surface area contributed by atoms with Crippen molar-refractivity contribution in [3.8, 4) is 5.88 Å². The number of hydrogen-bond acceptors (Lipinski definition) is 5. The maximum atomic E-state index is 12.8. The molecule has 1 aromatic heterocycles. The van der Waals surface area contributed by atoms with Gasteiger partial charge >= 0.3 is 11.7 Å². The zero-order valence-electron chi connectivity index (χ0n) is 9.09. The summed E-state index contributed by atoms with van der Waals surface area (Å²) in [6, 6.07) is 0. The van der Waals surface area contributed by atoms with Crippen molar-refractivity contribution in [1.29, 1.82) is 0 Å². The van der Waals surface area contributed by atoms with Crippen LogP contribution in [0.5, 0.6) is 5.88 Å². The second-order valence-electron chi connectivity index (χ2n) is 3.18. The number of pyridine rings is 1. The van der Waals surface area contributed by atoms with Gasteiger partial charge in [0.1, 0.15) is 5.56 Å². The van der Waals surface area contributed by atoms with Gasteiger partial charge < -0.3 is 9.84 Å². The van der Waals surface area contributed by atoms with E-state index in [4.69, 9.17) is 5.11 Å². The molecule has 0 saturated heterocycles. The molecule has 0 aliphatic carbocycles. The first-order valence-electron chi connectivity index (χ1n) is 4.58. The van der Waals surface area contributed by atoms with Gasteiger partial charge in [-0.2, -0.15) is 0 Å². The first-order chi connectivity index (χ1) is 8.38. The number of nitro groups is 1. The van der Waals surface area contributed by atoms with E-state index in [9.17, 15) is 23.7 Å². The molecule has 1 rings (SSSR count). The monoisotopic (exact) mass is 262 g/mol. The van der Waals surface area contributed by atoms with Crippen molar-refractivity contribution < 1.29 is 28.3 Å². The zero-order valence-corrected chi connectivity index (χ0v) is 9.09. The van der Waals surface area contributed by atoms with Gasteiger partial charge in [-0.05, 0) is 5.56 Å². The van der Waals surface area contributed by atoms with Crippen LogP contribution in [0.25, 0.3) is 0 Å². The lowest BCUT2D eigenvalue weighted by Gasteiger charge is -2.09. The normalized spacial score (nSPS) is 10.4. The van der Waals surface area contributed by atoms with Gasteiger partial charge in [0.25, 0.3) is 12.3 Å². The zero-order chi connectivity index (χ0) is 13.9. The number of rotatable bonds is 5. The summed E-state index contributed by atoms with van der Waals surface area (Å²) in [6.07, 6.45) is -3.14. The molecule has 18 heavy (non-hydrogen) atoms. The minimum Gasteiger partial charge on any atom is -0.481 e. The van der Waals surface area contributed by atoms with E-state index in [1.807, 2.05) is 0 Å². The van der Waals surface area contributed by atoms with E-state index in [2.05, 4.69) is 9.72 Å². The standard InChI is InChI=1S/C9H8F2N2O5/c1-18-9-7(13(16)17)6(8(10)11)4(3-12-9)2-5(14)15/h3,8H,2H2,1H3,(H,14,15). The predicted molar refractivity (Wildman–Crippen MR) is 53.7 cm³/mol. The first-order valence-corrected chi connectivity index (χ1v) is 4.58. The Kier molecular flexibility index (Phi) is 4.08. The minimum absolute atomic E-state index is 0.412. The largest absolute Gasteiger partial charge is 0.481 e. The quantitative estimate of drug-likeness (QED) is 0.638. The maximum absolute atomic E-state index is 12.8. The van der Waals surface area contributed by atoms with E-state index in [0.717, 1.165) is 13.3 Å². The van der Waals surface area contributed by atoms with Gasteiger partial charge in [-0.25, -0.2) is 13.8 Å². The van der Waals surface area contributed by atoms with E-state index in [1.165, 1.54) is 0 Å². The molecule has 0 atom stereocenters. The number of aliphatic carboxylic acids is 1. The minimum atomic E-state index is -3.20. The van der Waals surface area contributed by atoms with E-state index in [-0.39, 0.29) is 0 Å². The van der Waals surface area contributed by atoms with Crippen molar-refractivity contribution in [2.45, 2.75) is 12.8 Å². The number of halogens is 2. The molecule has 0 bridgehead atoms. The average Bonchev–Trinajstić information content (AvgIpc) is 2.26. The van der Waals surface area contributed by atoms with Crippen molar-refractivity contribution in [3.05, 3.63) is 27.4 Å². The van der Waals surface area contributed by atoms with Crippen molar-refractivity contribution in [3.63, 3.8) is 0 Å². The number of aromatic nitrogens is 1. The molecule has 9 heteroatoms. The second-order valence-corrected chi connectivity index (χ2v) is 3.18. The highest BCUT2D eigenvalue weighted by molar-refractivity contribution is 5.72. The highest BCUT2D eigenvalue weighted by atomic mass is 19.3. The van der Waals surface area contributed by atoms with Gasteiger partial charge in [0.15, 0.2) is 0 Å². The Labute approximate surface area is 99.2 Å². The molecule has 0 saturated carbocycles. The van der Waals surface area contributed by atoms with E-state index < -0.39 is 46.4 Å². The molecule has 0 aliphatic heterocycles. The molecule has 98 valence electrons. The van der Waals surface area contributed by atoms with Gasteiger partial charge in [-0.3, -0.25) is 14.9 Å². The third-order valence-corrected chi connectivity index (χ3v) is 2.08. The smallest absolute Gasteiger partial charge is 0.340 e. The highest BCUT2D eigenvalue weighted by Gasteiger charge is 2.31. The lowest BCUT2D eigenvalue weighted by molar-refractivity contribution is -0.387. The predicted octanol–water partition coefficient (Wildman–Crippen LogP) is 1.56. The van der Waals surface area contributed by atoms with E-state index in [1.54, 1.807) is 0 Å². The Morgan fingerprint density at radius 3 is 2.67 bits per heavy atom. The van der Waals surface area contributed by atoms with Crippen molar-refractivity contribution in [2.75, 3.05) is 7.11 Å². The van der Waals surface area contributed by atoms with Crippen LogP contribution in [-0.2, 0) is 11.2 Å². The topological polar surface area (TPSA) is 103 Å². The van der Waals surface area contributed by atoms with Crippen LogP contribution in [0.4, 0.5) is 14.5 Å². The number of alkyl halides is 2. The molecule has 1 aromatic rings. The van der Waals surface area contributed by atoms with Crippen LogP contribution in [-0.4, -0.2) is 28.1 Å². The average molecular weight is 262 g/mol. The Morgan fingerprint density at radius 2 is 2.28 bits per heavy atom. The maximum Gasteiger partial charge on any atom is 0.340 e. The molecular formula is C9H8F2N2O5. The first kappa shape index (κ1) is 13.7. The number of hydrogen-bond donors (Lipinski definition) is 1. The molecule has 0 aromatic carbocycles. The lowest BCUT2D eigenvalue weighted by Crippen LogP contribution is -2.09. The van der Waals surface area contributed by atoms with Crippen molar-refractivity contribution in [2.24, 2.45) is 0 Å². The molecule has 7 nitrogen and oxygen atoms in total. The Balaban J connectivity index is 3.51. The Morgan fingerprint density at radius 1 is 1.67 bits per heavy atom. The van der Waals surface area contributed by atoms with Crippen LogP contribution >= 0.6 is 0 Å². The number of carbonyl (C=O) groups is 1. The number of carboxylic acid groups (broad SMARTS) is 1. The molecule has 0 fully saturated rings. The Hall–Kier alpha value is -2.32. The summed E-state index contributed by atoms with van der Waals surface area (Å²) in [5, 5.41) is 19.3. The van der Waals surface area contributed by atoms with Crippen LogP contribution in [0, 0.1) is 10.1 Å². The molecular weight excluding hydrogens is 254 g/mol. The summed E-state index contributed by atoms with van der Waals surface area (Å²) in [4.78, 5) is 23.6. The molecule has 0 radical (unpaired) electrons. The fourth-order valence-corrected chi connectivity index (χ4v) is 1.41. The summed E-state index contributed by atoms with van der Waals surface area (Å²) in [6.45, 7) is 0. The fraction of sp³-hybridized carbons (Fsp3) is 0.333. The van der Waals surface area contributed by atoms with Crippen LogP contribution in [0.2, 0.25) is 0 Å². The second kappa shape index (κ2) is 5.34. The van der Waals surface area contributed by atoms with Gasteiger partial charge in [-0.15, -0.1) is 0 Å². The lowest BCUT2D eigenvalue weighted by atomic mass is 10.1. The van der Waals surface area contributed by atoms with Crippen LogP contribution < -0.4 is 4.74 Å². The van der Waals surface area contributed by atoms with Gasteiger partial charge in [-0.1, -0.05) is 0 Å². The van der Waals surface area contributed by atoms with E-state index in [0.29, 0.717) is 0 Å². The SMILES string of the molecule is COc1ncc(CC(=O)O)c(C(F)F)c1[N+](=O)[O-]. The van der Waals surface area contributed by atoms with Crippen LogP contribution in [0.3, 0.4) is 0 Å². The summed E-state index contributed by atoms with van der Waals surface area (Å²) in [7, 11) is 1.04. The Bertz CT molecular complexity index is 492. The van der Waals surface area contributed by atoms with Gasteiger partial charge in [0.05, 0.1) is 18.5 Å². The summed E-state index contributed by atoms with van der Waals surface area (Å²) in [5.41, 5.74) is -2.40. The fourth-order valence-electron chi connectivity index (χ4n) is 1.41. The summed E-state index contributed by atoms with van der Waals surface area (Å²) >= 11 is 0.